The maximum Gasteiger partial charge on any atom is 0.347 e. The molecule has 1 aromatic carbocycles. The standard InChI is InChI=1S/C13H17Br2NO3/c1-3-18-13(17)8(2)19-12-10(14)6-9(4-5-16)7-11(12)15/h6-8H,3-5,16H2,1-2H3. The van der Waals surface area contributed by atoms with Gasteiger partial charge in [0.05, 0.1) is 15.6 Å². The SMILES string of the molecule is CCOC(=O)C(C)Oc1c(Br)cc(CCN)cc1Br. The first kappa shape index (κ1) is 16.5. The van der Waals surface area contributed by atoms with Gasteiger partial charge in [0.15, 0.2) is 6.10 Å². The second kappa shape index (κ2) is 7.87. The molecule has 19 heavy (non-hydrogen) atoms. The smallest absolute Gasteiger partial charge is 0.347 e. The van der Waals surface area contributed by atoms with Gasteiger partial charge >= 0.3 is 5.97 Å². The summed E-state index contributed by atoms with van der Waals surface area (Å²) in [4.78, 5) is 11.5. The van der Waals surface area contributed by atoms with Crippen molar-refractivity contribution in [1.82, 2.24) is 0 Å². The lowest BCUT2D eigenvalue weighted by Gasteiger charge is -2.16. The van der Waals surface area contributed by atoms with Crippen molar-refractivity contribution in [2.75, 3.05) is 13.2 Å². The van der Waals surface area contributed by atoms with Crippen molar-refractivity contribution < 1.29 is 14.3 Å². The number of halogens is 2. The molecule has 0 aliphatic heterocycles. The first-order valence-corrected chi connectivity index (χ1v) is 7.59. The maximum absolute atomic E-state index is 11.5. The van der Waals surface area contributed by atoms with Crippen LogP contribution in [0.2, 0.25) is 0 Å². The van der Waals surface area contributed by atoms with Gasteiger partial charge in [0.2, 0.25) is 0 Å². The molecular weight excluding hydrogens is 378 g/mol. The number of rotatable bonds is 6. The summed E-state index contributed by atoms with van der Waals surface area (Å²) in [6.45, 7) is 4.34. The number of carbonyl (C=O) groups is 1. The molecule has 0 heterocycles. The van der Waals surface area contributed by atoms with E-state index in [2.05, 4.69) is 31.9 Å². The Hall–Kier alpha value is -0.590. The van der Waals surface area contributed by atoms with Gasteiger partial charge in [-0.15, -0.1) is 0 Å². The van der Waals surface area contributed by atoms with Crippen molar-refractivity contribution in [3.63, 3.8) is 0 Å². The van der Waals surface area contributed by atoms with Crippen molar-refractivity contribution in [2.24, 2.45) is 5.73 Å². The first-order chi connectivity index (χ1) is 8.99. The zero-order valence-corrected chi connectivity index (χ0v) is 14.1. The van der Waals surface area contributed by atoms with Crippen LogP contribution < -0.4 is 10.5 Å². The summed E-state index contributed by atoms with van der Waals surface area (Å²) in [6, 6.07) is 3.87. The minimum Gasteiger partial charge on any atom is -0.477 e. The monoisotopic (exact) mass is 393 g/mol. The van der Waals surface area contributed by atoms with Crippen LogP contribution in [0.3, 0.4) is 0 Å². The molecule has 1 aromatic rings. The van der Waals surface area contributed by atoms with E-state index < -0.39 is 6.10 Å². The fourth-order valence-corrected chi connectivity index (χ4v) is 2.99. The van der Waals surface area contributed by atoms with Gasteiger partial charge in [0, 0.05) is 0 Å². The van der Waals surface area contributed by atoms with Crippen molar-refractivity contribution in [2.45, 2.75) is 26.4 Å². The van der Waals surface area contributed by atoms with E-state index in [1.54, 1.807) is 13.8 Å². The van der Waals surface area contributed by atoms with Crippen molar-refractivity contribution in [3.8, 4) is 5.75 Å². The molecule has 0 spiro atoms. The number of esters is 1. The molecule has 0 radical (unpaired) electrons. The molecule has 0 bridgehead atoms. The summed E-state index contributed by atoms with van der Waals surface area (Å²) in [6.07, 6.45) is 0.123. The third-order valence-corrected chi connectivity index (χ3v) is 3.58. The van der Waals surface area contributed by atoms with E-state index in [0.717, 1.165) is 20.9 Å². The van der Waals surface area contributed by atoms with Gasteiger partial charge in [-0.05, 0) is 76.4 Å². The summed E-state index contributed by atoms with van der Waals surface area (Å²) >= 11 is 6.87. The van der Waals surface area contributed by atoms with Crippen molar-refractivity contribution >= 4 is 37.8 Å². The minimum absolute atomic E-state index is 0.338. The fraction of sp³-hybridized carbons (Fsp3) is 0.462. The topological polar surface area (TPSA) is 61.5 Å². The number of ether oxygens (including phenoxy) is 2. The highest BCUT2D eigenvalue weighted by molar-refractivity contribution is 9.11. The van der Waals surface area contributed by atoms with Gasteiger partial charge in [0.25, 0.3) is 0 Å². The summed E-state index contributed by atoms with van der Waals surface area (Å²) in [5, 5.41) is 0. The highest BCUT2D eigenvalue weighted by atomic mass is 79.9. The zero-order valence-electron chi connectivity index (χ0n) is 10.9. The number of nitrogens with two attached hydrogens (primary N) is 1. The van der Waals surface area contributed by atoms with Crippen molar-refractivity contribution in [1.29, 1.82) is 0 Å². The van der Waals surface area contributed by atoms with Crippen LogP contribution >= 0.6 is 31.9 Å². The zero-order chi connectivity index (χ0) is 14.4. The Morgan fingerprint density at radius 3 is 2.42 bits per heavy atom. The Balaban J connectivity index is 2.86. The lowest BCUT2D eigenvalue weighted by atomic mass is 10.1. The van der Waals surface area contributed by atoms with Crippen LogP contribution in [-0.4, -0.2) is 25.2 Å². The second-order valence-corrected chi connectivity index (χ2v) is 5.65. The van der Waals surface area contributed by atoms with E-state index in [-0.39, 0.29) is 5.97 Å². The highest BCUT2D eigenvalue weighted by Gasteiger charge is 2.19. The third kappa shape index (κ3) is 4.78. The second-order valence-electron chi connectivity index (χ2n) is 3.94. The van der Waals surface area contributed by atoms with E-state index in [4.69, 9.17) is 15.2 Å². The molecule has 0 saturated heterocycles. The summed E-state index contributed by atoms with van der Waals surface area (Å²) in [5.41, 5.74) is 6.62. The molecule has 0 aliphatic carbocycles. The first-order valence-electron chi connectivity index (χ1n) is 6.00. The van der Waals surface area contributed by atoms with E-state index in [1.807, 2.05) is 12.1 Å². The normalized spacial score (nSPS) is 12.1. The van der Waals surface area contributed by atoms with Gasteiger partial charge in [0.1, 0.15) is 5.75 Å². The highest BCUT2D eigenvalue weighted by Crippen LogP contribution is 2.35. The molecule has 1 atom stereocenters. The predicted molar refractivity (Wildman–Crippen MR) is 81.3 cm³/mol. The molecule has 6 heteroatoms. The molecular formula is C13H17Br2NO3. The van der Waals surface area contributed by atoms with Crippen LogP contribution in [0.15, 0.2) is 21.1 Å². The third-order valence-electron chi connectivity index (χ3n) is 2.40. The van der Waals surface area contributed by atoms with Gasteiger partial charge < -0.3 is 15.2 Å². The van der Waals surface area contributed by atoms with Crippen LogP contribution in [0.5, 0.6) is 5.75 Å². The molecule has 1 unspecified atom stereocenters. The number of hydrogen-bond acceptors (Lipinski definition) is 4. The summed E-state index contributed by atoms with van der Waals surface area (Å²) in [7, 11) is 0. The van der Waals surface area contributed by atoms with Crippen LogP contribution in [-0.2, 0) is 16.0 Å². The van der Waals surface area contributed by atoms with Gasteiger partial charge in [-0.3, -0.25) is 0 Å². The molecule has 0 amide bonds. The number of carbonyl (C=O) groups excluding carboxylic acids is 1. The molecule has 0 aliphatic rings. The Morgan fingerprint density at radius 1 is 1.37 bits per heavy atom. The van der Waals surface area contributed by atoms with Crippen molar-refractivity contribution in [3.05, 3.63) is 26.6 Å². The molecule has 0 saturated carbocycles. The summed E-state index contributed by atoms with van der Waals surface area (Å²) < 4.78 is 12.1. The largest absolute Gasteiger partial charge is 0.477 e. The lowest BCUT2D eigenvalue weighted by Crippen LogP contribution is -2.26. The maximum atomic E-state index is 11.5. The minimum atomic E-state index is -0.659. The molecule has 4 nitrogen and oxygen atoms in total. The van der Waals surface area contributed by atoms with Gasteiger partial charge in [-0.2, -0.15) is 0 Å². The average molecular weight is 395 g/mol. The summed E-state index contributed by atoms with van der Waals surface area (Å²) in [5.74, 6) is 0.202. The Kier molecular flexibility index (Phi) is 6.82. The quantitative estimate of drug-likeness (QED) is 0.753. The Bertz CT molecular complexity index is 429. The Labute approximate surface area is 129 Å². The number of benzene rings is 1. The van der Waals surface area contributed by atoms with Gasteiger partial charge in [-0.25, -0.2) is 4.79 Å². The molecule has 1 rings (SSSR count). The van der Waals surface area contributed by atoms with E-state index in [1.165, 1.54) is 0 Å². The van der Waals surface area contributed by atoms with Crippen LogP contribution in [0.1, 0.15) is 19.4 Å². The van der Waals surface area contributed by atoms with Crippen LogP contribution in [0.25, 0.3) is 0 Å². The molecule has 106 valence electrons. The van der Waals surface area contributed by atoms with E-state index in [0.29, 0.717) is 18.9 Å². The fourth-order valence-electron chi connectivity index (χ4n) is 1.52. The predicted octanol–water partition coefficient (Wildman–Crippen LogP) is 3.04. The van der Waals surface area contributed by atoms with Crippen LogP contribution in [0, 0.1) is 0 Å². The lowest BCUT2D eigenvalue weighted by molar-refractivity contribution is -0.150. The Morgan fingerprint density at radius 2 is 1.95 bits per heavy atom. The number of hydrogen-bond donors (Lipinski definition) is 1. The van der Waals surface area contributed by atoms with E-state index in [9.17, 15) is 4.79 Å². The average Bonchev–Trinajstić information content (AvgIpc) is 2.34. The van der Waals surface area contributed by atoms with Gasteiger partial charge in [-0.1, -0.05) is 0 Å². The molecule has 0 aromatic heterocycles. The molecule has 0 fully saturated rings. The molecule has 2 N–H and O–H groups in total. The van der Waals surface area contributed by atoms with E-state index >= 15 is 0 Å². The van der Waals surface area contributed by atoms with Crippen LogP contribution in [0.4, 0.5) is 0 Å².